The van der Waals surface area contributed by atoms with Crippen molar-refractivity contribution in [2.45, 2.75) is 43.2 Å². The van der Waals surface area contributed by atoms with Crippen molar-refractivity contribution in [1.82, 2.24) is 14.7 Å². The van der Waals surface area contributed by atoms with Crippen LogP contribution in [0.3, 0.4) is 0 Å². The van der Waals surface area contributed by atoms with E-state index in [1.165, 1.54) is 0 Å². The van der Waals surface area contributed by atoms with Gasteiger partial charge in [-0.1, -0.05) is 60.7 Å². The Balaban J connectivity index is -0.00000562. The van der Waals surface area contributed by atoms with Gasteiger partial charge in [-0.15, -0.1) is 0 Å². The van der Waals surface area contributed by atoms with Crippen LogP contribution in [0.4, 0.5) is 0 Å². The quantitative estimate of drug-likeness (QED) is 0.0942. The fraction of sp³-hybridized carbons (Fsp3) is 0.485. The van der Waals surface area contributed by atoms with Gasteiger partial charge in [-0.2, -0.15) is 0 Å². The minimum absolute atomic E-state index is 0. The van der Waals surface area contributed by atoms with Crippen LogP contribution in [0.15, 0.2) is 60.7 Å². The van der Waals surface area contributed by atoms with Crippen LogP contribution in [0.1, 0.15) is 41.1 Å². The molecule has 290 valence electrons. The van der Waals surface area contributed by atoms with E-state index in [2.05, 4.69) is 0 Å². The molecule has 17 nitrogen and oxygen atoms in total. The van der Waals surface area contributed by atoms with Crippen molar-refractivity contribution in [2.75, 3.05) is 59.0 Å². The standard InChI is InChI=1S/C33H44N3O14P.2Gd/c37-28(38)18-34(15-16-35(19-29(39)40)20-30(41)42)17-26(36(21-31(43)44)22-32(45)46)23-49-51(47,48)50-27-11-13-33(14-12-27,24-7-3-1-4-8-24)25-9-5-2-6-10-25;;/h1-10,26-27H,11-23H2,(H,37,38)(H,39,40)(H,41,42)(H,43,44)(H,45,46)(H,47,48);;/q;2*+3/p-3/t26-;;/m1../s1. The minimum Gasteiger partial charge on any atom is -0.756 e. The number of nitrogens with zero attached hydrogens (tertiary/aromatic N) is 3. The summed E-state index contributed by atoms with van der Waals surface area (Å²) in [6, 6.07) is 18.1. The second-order valence-electron chi connectivity index (χ2n) is 12.2. The van der Waals surface area contributed by atoms with E-state index in [1.807, 2.05) is 60.7 Å². The van der Waals surface area contributed by atoms with Gasteiger partial charge in [0.2, 0.25) is 0 Å². The Bertz CT molecular complexity index is 1480. The van der Waals surface area contributed by atoms with E-state index in [0.29, 0.717) is 25.7 Å². The number of benzene rings is 2. The Morgan fingerprint density at radius 1 is 0.698 bits per heavy atom. The molecule has 0 amide bonds. The Labute approximate surface area is 375 Å². The minimum atomic E-state index is -5.15. The zero-order chi connectivity index (χ0) is 37.6. The Morgan fingerprint density at radius 2 is 1.09 bits per heavy atom. The Hall–Kier alpha value is -1.57. The van der Waals surface area contributed by atoms with Crippen LogP contribution in [-0.4, -0.2) is 116 Å². The molecule has 2 aromatic rings. The van der Waals surface area contributed by atoms with Crippen LogP contribution in [0.2, 0.25) is 0 Å². The molecule has 0 bridgehead atoms. The maximum absolute atomic E-state index is 13.1. The molecule has 0 heterocycles. The molecule has 2 aromatic carbocycles. The number of carboxylic acid groups (broad SMARTS) is 5. The molecule has 53 heavy (non-hydrogen) atoms. The molecule has 2 radical (unpaired) electrons. The van der Waals surface area contributed by atoms with Crippen molar-refractivity contribution in [3.05, 3.63) is 71.8 Å². The maximum Gasteiger partial charge on any atom is 3.00 e. The fourth-order valence-electron chi connectivity index (χ4n) is 6.34. The fourth-order valence-corrected chi connectivity index (χ4v) is 7.33. The molecule has 0 saturated heterocycles. The summed E-state index contributed by atoms with van der Waals surface area (Å²) in [7, 11) is -5.15. The summed E-state index contributed by atoms with van der Waals surface area (Å²) >= 11 is 0. The molecule has 3 rings (SSSR count). The van der Waals surface area contributed by atoms with Gasteiger partial charge in [0.05, 0.1) is 42.6 Å². The van der Waals surface area contributed by atoms with Crippen LogP contribution < -0.4 is 30.4 Å². The normalized spacial score (nSPS) is 15.8. The third kappa shape index (κ3) is 17.4. The van der Waals surface area contributed by atoms with Gasteiger partial charge < -0.3 is 63.4 Å². The third-order valence-corrected chi connectivity index (χ3v) is 9.60. The van der Waals surface area contributed by atoms with Gasteiger partial charge in [-0.25, -0.2) is 0 Å². The number of phosphoric acid groups is 1. The summed E-state index contributed by atoms with van der Waals surface area (Å²) in [6.45, 7) is -6.98. The molecule has 1 saturated carbocycles. The summed E-state index contributed by atoms with van der Waals surface area (Å²) in [4.78, 5) is 72.4. The summed E-state index contributed by atoms with van der Waals surface area (Å²) in [5.74, 6) is -8.46. The molecule has 1 unspecified atom stereocenters. The zero-order valence-electron chi connectivity index (χ0n) is 31.3. The van der Waals surface area contributed by atoms with Crippen LogP contribution in [-0.2, 0) is 43.0 Å². The summed E-state index contributed by atoms with van der Waals surface area (Å²) < 4.78 is 23.7. The predicted octanol–water partition coefficient (Wildman–Crippen LogP) is -5.22. The molecule has 2 atom stereocenters. The smallest absolute Gasteiger partial charge is 0.756 e. The van der Waals surface area contributed by atoms with Crippen molar-refractivity contribution in [2.24, 2.45) is 0 Å². The first-order chi connectivity index (χ1) is 24.1. The van der Waals surface area contributed by atoms with Crippen molar-refractivity contribution >= 4 is 37.7 Å². The molecular weight excluding hydrogens is 1010 g/mol. The number of aliphatic carboxylic acids is 5. The van der Waals surface area contributed by atoms with Gasteiger partial charge in [-0.3, -0.25) is 19.3 Å². The van der Waals surface area contributed by atoms with Gasteiger partial charge >= 0.3 is 84.2 Å². The van der Waals surface area contributed by atoms with Gasteiger partial charge in [0.15, 0.2) is 0 Å². The van der Waals surface area contributed by atoms with Crippen LogP contribution in [0.5, 0.6) is 0 Å². The van der Waals surface area contributed by atoms with E-state index in [9.17, 15) is 59.0 Å². The SMILES string of the molecule is O=C([O-])CN(CCN(CC(=O)[O-])C[C@H](COP(=O)([O-])OC1CCC(c2ccccc2)(c2ccccc2)CC1)N(CC(=O)[O-])CC(=O)[O-])CC(=O)[O-].[Gd+3].[Gd+3].[H+].[H+].[H+]. The molecule has 1 fully saturated rings. The molecule has 0 aliphatic heterocycles. The third-order valence-electron chi connectivity index (χ3n) is 8.58. The number of phosphoric ester groups is 1. The molecule has 0 spiro atoms. The first-order valence-electron chi connectivity index (χ1n) is 16.0. The number of carbonyl (C=O) groups is 5. The average Bonchev–Trinajstić information content (AvgIpc) is 3.05. The zero-order valence-corrected chi connectivity index (χ0v) is 33.8. The first kappa shape index (κ1) is 49.4. The van der Waals surface area contributed by atoms with Crippen molar-refractivity contribution in [1.29, 1.82) is 0 Å². The maximum atomic E-state index is 13.1. The van der Waals surface area contributed by atoms with Crippen molar-refractivity contribution in [3.63, 3.8) is 0 Å². The van der Waals surface area contributed by atoms with Crippen LogP contribution >= 0.6 is 7.82 Å². The Kier molecular flexibility index (Phi) is 22.5. The van der Waals surface area contributed by atoms with E-state index in [4.69, 9.17) is 9.05 Å². The number of rotatable bonds is 23. The second-order valence-corrected chi connectivity index (χ2v) is 13.6. The predicted molar refractivity (Wildman–Crippen MR) is 167 cm³/mol. The van der Waals surface area contributed by atoms with E-state index in [0.717, 1.165) is 25.8 Å². The number of carboxylic acids is 5. The average molecular weight is 1050 g/mol. The largest absolute Gasteiger partial charge is 3.00 e. The van der Waals surface area contributed by atoms with E-state index < -0.39 is 101 Å². The van der Waals surface area contributed by atoms with Gasteiger partial charge in [-0.05, 0) is 36.8 Å². The van der Waals surface area contributed by atoms with E-state index in [1.54, 1.807) is 0 Å². The molecule has 1 aliphatic rings. The molecule has 1 aliphatic carbocycles. The van der Waals surface area contributed by atoms with Gasteiger partial charge in [0.1, 0.15) is 0 Å². The molecular formula is C33H41Gd2N3O14P+3. The van der Waals surface area contributed by atoms with Crippen LogP contribution in [0.25, 0.3) is 0 Å². The molecule has 0 N–H and O–H groups in total. The second kappa shape index (κ2) is 24.1. The van der Waals surface area contributed by atoms with Crippen LogP contribution in [0, 0.1) is 79.9 Å². The monoisotopic (exact) mass is 1050 g/mol. The summed E-state index contributed by atoms with van der Waals surface area (Å²) in [5.41, 5.74) is 1.71. The van der Waals surface area contributed by atoms with E-state index in [-0.39, 0.29) is 97.3 Å². The van der Waals surface area contributed by atoms with Crippen molar-refractivity contribution < 1.29 is 152 Å². The van der Waals surface area contributed by atoms with Gasteiger partial charge in [0, 0.05) is 63.8 Å². The van der Waals surface area contributed by atoms with Gasteiger partial charge in [0.25, 0.3) is 7.82 Å². The number of hydrogen-bond donors (Lipinski definition) is 0. The molecule has 0 aromatic heterocycles. The molecule has 20 heteroatoms. The van der Waals surface area contributed by atoms with Crippen molar-refractivity contribution in [3.8, 4) is 0 Å². The van der Waals surface area contributed by atoms with E-state index >= 15 is 0 Å². The number of hydrogen-bond acceptors (Lipinski definition) is 17. The summed E-state index contributed by atoms with van der Waals surface area (Å²) in [6.07, 6.45) is 0.910. The number of carbonyl (C=O) groups excluding carboxylic acids is 5. The topological polar surface area (TPSA) is 269 Å². The summed E-state index contributed by atoms with van der Waals surface area (Å²) in [5, 5.41) is 56.7. The first-order valence-corrected chi connectivity index (χ1v) is 17.5. The Morgan fingerprint density at radius 3 is 1.51 bits per heavy atom.